The van der Waals surface area contributed by atoms with Crippen LogP contribution in [-0.2, 0) is 0 Å². The molecule has 1 saturated heterocycles. The van der Waals surface area contributed by atoms with Gasteiger partial charge in [-0.15, -0.1) is 0 Å². The molecule has 2 aromatic heterocycles. The monoisotopic (exact) mass is 382 g/mol. The van der Waals surface area contributed by atoms with Gasteiger partial charge in [-0.25, -0.2) is 9.67 Å². The van der Waals surface area contributed by atoms with E-state index in [-0.39, 0.29) is 5.91 Å². The van der Waals surface area contributed by atoms with Crippen LogP contribution in [0, 0.1) is 6.92 Å². The second-order valence-corrected chi connectivity index (χ2v) is 6.81. The number of halogens is 1. The zero-order valence-corrected chi connectivity index (χ0v) is 15.7. The summed E-state index contributed by atoms with van der Waals surface area (Å²) >= 11 is 6.07. The Balaban J connectivity index is 1.48. The van der Waals surface area contributed by atoms with E-state index in [2.05, 4.69) is 20.0 Å². The third kappa shape index (κ3) is 3.50. The van der Waals surface area contributed by atoms with Crippen LogP contribution in [0.5, 0.6) is 0 Å². The molecule has 8 heteroatoms. The van der Waals surface area contributed by atoms with E-state index in [1.165, 1.54) is 0 Å². The maximum Gasteiger partial charge on any atom is 0.257 e. The number of carbonyl (C=O) groups is 1. The molecule has 0 N–H and O–H groups in total. The van der Waals surface area contributed by atoms with Gasteiger partial charge in [0.15, 0.2) is 0 Å². The molecule has 138 valence electrons. The van der Waals surface area contributed by atoms with Gasteiger partial charge >= 0.3 is 0 Å². The predicted molar refractivity (Wildman–Crippen MR) is 103 cm³/mol. The van der Waals surface area contributed by atoms with Crippen molar-refractivity contribution < 1.29 is 4.79 Å². The Morgan fingerprint density at radius 2 is 1.93 bits per heavy atom. The van der Waals surface area contributed by atoms with Crippen molar-refractivity contribution in [2.45, 2.75) is 6.92 Å². The molecule has 0 aliphatic carbocycles. The maximum absolute atomic E-state index is 13.0. The smallest absolute Gasteiger partial charge is 0.257 e. The highest BCUT2D eigenvalue weighted by Crippen LogP contribution is 2.20. The highest BCUT2D eigenvalue weighted by molar-refractivity contribution is 6.30. The van der Waals surface area contributed by atoms with Crippen LogP contribution in [0.15, 0.2) is 49.1 Å². The van der Waals surface area contributed by atoms with Crippen LogP contribution in [0.2, 0.25) is 5.02 Å². The van der Waals surface area contributed by atoms with E-state index in [9.17, 15) is 4.79 Å². The summed E-state index contributed by atoms with van der Waals surface area (Å²) in [6.07, 6.45) is 6.72. The Hall–Kier alpha value is -2.93. The lowest BCUT2D eigenvalue weighted by Gasteiger charge is -2.35. The first-order valence-corrected chi connectivity index (χ1v) is 9.12. The van der Waals surface area contributed by atoms with Crippen LogP contribution in [-0.4, -0.2) is 56.7 Å². The molecule has 0 saturated carbocycles. The van der Waals surface area contributed by atoms with Crippen LogP contribution in [0.25, 0.3) is 5.69 Å². The highest BCUT2D eigenvalue weighted by Gasteiger charge is 2.25. The average Bonchev–Trinajstić information content (AvgIpc) is 3.09. The van der Waals surface area contributed by atoms with Crippen molar-refractivity contribution in [3.8, 4) is 5.69 Å². The molecule has 1 aliphatic rings. The summed E-state index contributed by atoms with van der Waals surface area (Å²) in [6.45, 7) is 4.63. The molecule has 7 nitrogen and oxygen atoms in total. The molecule has 1 amide bonds. The van der Waals surface area contributed by atoms with E-state index in [1.54, 1.807) is 29.5 Å². The van der Waals surface area contributed by atoms with E-state index >= 15 is 0 Å². The molecule has 1 aliphatic heterocycles. The number of benzene rings is 1. The van der Waals surface area contributed by atoms with Crippen LogP contribution >= 0.6 is 11.6 Å². The molecule has 3 aromatic rings. The Kier molecular flexibility index (Phi) is 4.77. The molecule has 0 spiro atoms. The molecule has 3 heterocycles. The Morgan fingerprint density at radius 1 is 1.11 bits per heavy atom. The fraction of sp³-hybridized carbons (Fsp3) is 0.263. The lowest BCUT2D eigenvalue weighted by molar-refractivity contribution is 0.0745. The number of piperazine rings is 1. The molecule has 27 heavy (non-hydrogen) atoms. The number of amides is 1. The fourth-order valence-electron chi connectivity index (χ4n) is 3.25. The van der Waals surface area contributed by atoms with Gasteiger partial charge in [-0.3, -0.25) is 9.78 Å². The van der Waals surface area contributed by atoms with Crippen LogP contribution < -0.4 is 4.90 Å². The van der Waals surface area contributed by atoms with E-state index < -0.39 is 0 Å². The van der Waals surface area contributed by atoms with Crippen LogP contribution in [0.4, 0.5) is 5.82 Å². The predicted octanol–water partition coefficient (Wildman–Crippen LogP) is 2.59. The largest absolute Gasteiger partial charge is 0.352 e. The zero-order valence-electron chi connectivity index (χ0n) is 14.9. The zero-order chi connectivity index (χ0) is 18.8. The van der Waals surface area contributed by atoms with Crippen molar-refractivity contribution in [3.05, 3.63) is 65.3 Å². The second-order valence-electron chi connectivity index (χ2n) is 6.38. The van der Waals surface area contributed by atoms with Gasteiger partial charge in [0.2, 0.25) is 0 Å². The first-order valence-electron chi connectivity index (χ1n) is 8.74. The van der Waals surface area contributed by atoms with E-state index in [0.29, 0.717) is 23.7 Å². The molecule has 0 atom stereocenters. The van der Waals surface area contributed by atoms with Crippen LogP contribution in [0.3, 0.4) is 0 Å². The van der Waals surface area contributed by atoms with Gasteiger partial charge in [-0.05, 0) is 25.1 Å². The van der Waals surface area contributed by atoms with Crippen molar-refractivity contribution in [2.75, 3.05) is 31.1 Å². The van der Waals surface area contributed by atoms with Gasteiger partial charge in [0.1, 0.15) is 5.82 Å². The maximum atomic E-state index is 13.0. The summed E-state index contributed by atoms with van der Waals surface area (Å²) in [4.78, 5) is 25.4. The standard InChI is InChI=1S/C19H19ClN6O/c1-14-17(12-23-26(14)16-4-2-3-15(20)11-16)19(27)25-9-7-24(8-10-25)18-13-21-5-6-22-18/h2-6,11-13H,7-10H2,1H3. The Labute approximate surface area is 162 Å². The average molecular weight is 383 g/mol. The molecular formula is C19H19ClN6O. The van der Waals surface area contributed by atoms with Crippen molar-refractivity contribution >= 4 is 23.3 Å². The second kappa shape index (κ2) is 7.36. The number of carbonyl (C=O) groups excluding carboxylic acids is 1. The molecule has 0 radical (unpaired) electrons. The Bertz CT molecular complexity index is 950. The summed E-state index contributed by atoms with van der Waals surface area (Å²) in [7, 11) is 0. The first-order chi connectivity index (χ1) is 13.1. The number of rotatable bonds is 3. The topological polar surface area (TPSA) is 67.2 Å². The SMILES string of the molecule is Cc1c(C(=O)N2CCN(c3cnccn3)CC2)cnn1-c1cccc(Cl)c1. The van der Waals surface area contributed by atoms with E-state index in [1.807, 2.05) is 36.1 Å². The van der Waals surface area contributed by atoms with Gasteiger partial charge < -0.3 is 9.80 Å². The van der Waals surface area contributed by atoms with Crippen molar-refractivity contribution in [3.63, 3.8) is 0 Å². The van der Waals surface area contributed by atoms with Crippen molar-refractivity contribution in [1.29, 1.82) is 0 Å². The minimum absolute atomic E-state index is 0.000395. The van der Waals surface area contributed by atoms with Crippen molar-refractivity contribution in [1.82, 2.24) is 24.6 Å². The minimum Gasteiger partial charge on any atom is -0.352 e. The first kappa shape index (κ1) is 17.5. The van der Waals surface area contributed by atoms with Gasteiger partial charge in [0.25, 0.3) is 5.91 Å². The van der Waals surface area contributed by atoms with Gasteiger partial charge in [0, 0.05) is 43.6 Å². The molecule has 0 bridgehead atoms. The summed E-state index contributed by atoms with van der Waals surface area (Å²) in [5.41, 5.74) is 2.26. The summed E-state index contributed by atoms with van der Waals surface area (Å²) in [5, 5.41) is 5.02. The molecule has 1 fully saturated rings. The van der Waals surface area contributed by atoms with E-state index in [0.717, 1.165) is 30.3 Å². The highest BCUT2D eigenvalue weighted by atomic mass is 35.5. The number of anilines is 1. The van der Waals surface area contributed by atoms with Crippen LogP contribution in [0.1, 0.15) is 16.1 Å². The lowest BCUT2D eigenvalue weighted by atomic mass is 10.2. The summed E-state index contributed by atoms with van der Waals surface area (Å²) in [5.74, 6) is 0.842. The lowest BCUT2D eigenvalue weighted by Crippen LogP contribution is -2.49. The van der Waals surface area contributed by atoms with Gasteiger partial charge in [0.05, 0.1) is 29.3 Å². The number of aromatic nitrogens is 4. The Morgan fingerprint density at radius 3 is 2.63 bits per heavy atom. The quantitative estimate of drug-likeness (QED) is 0.696. The van der Waals surface area contributed by atoms with Crippen molar-refractivity contribution in [2.24, 2.45) is 0 Å². The number of hydrogen-bond donors (Lipinski definition) is 0. The molecule has 1 aromatic carbocycles. The van der Waals surface area contributed by atoms with Gasteiger partial charge in [-0.1, -0.05) is 17.7 Å². The minimum atomic E-state index is -0.000395. The number of hydrogen-bond acceptors (Lipinski definition) is 5. The summed E-state index contributed by atoms with van der Waals surface area (Å²) in [6, 6.07) is 7.42. The molecule has 0 unspecified atom stereocenters. The number of nitrogens with zero attached hydrogens (tertiary/aromatic N) is 6. The molecule has 4 rings (SSSR count). The van der Waals surface area contributed by atoms with E-state index in [4.69, 9.17) is 11.6 Å². The normalized spacial score (nSPS) is 14.4. The molecular weight excluding hydrogens is 364 g/mol. The third-order valence-electron chi connectivity index (χ3n) is 4.73. The fourth-order valence-corrected chi connectivity index (χ4v) is 3.44. The third-order valence-corrected chi connectivity index (χ3v) is 4.97. The summed E-state index contributed by atoms with van der Waals surface area (Å²) < 4.78 is 1.74. The van der Waals surface area contributed by atoms with Gasteiger partial charge in [-0.2, -0.15) is 5.10 Å².